The van der Waals surface area contributed by atoms with Gasteiger partial charge in [0, 0.05) is 6.54 Å². The van der Waals surface area contributed by atoms with Crippen molar-refractivity contribution in [1.29, 1.82) is 5.26 Å². The minimum atomic E-state index is -0.130. The molecule has 0 saturated heterocycles. The van der Waals surface area contributed by atoms with Crippen LogP contribution in [0, 0.1) is 17.4 Å². The third kappa shape index (κ3) is 2.77. The van der Waals surface area contributed by atoms with Crippen LogP contribution >= 0.6 is 0 Å². The van der Waals surface area contributed by atoms with E-state index in [2.05, 4.69) is 5.32 Å². The third-order valence-electron chi connectivity index (χ3n) is 2.22. The maximum atomic E-state index is 9.27. The number of nitriles is 1. The Morgan fingerprint density at radius 1 is 1.55 bits per heavy atom. The first kappa shape index (κ1) is 8.35. The van der Waals surface area contributed by atoms with Crippen molar-refractivity contribution in [3.63, 3.8) is 0 Å². The lowest BCUT2D eigenvalue weighted by Crippen LogP contribution is -2.26. The van der Waals surface area contributed by atoms with Crippen molar-refractivity contribution in [2.24, 2.45) is 5.92 Å². The molecule has 1 aliphatic rings. The predicted molar refractivity (Wildman–Crippen MR) is 41.6 cm³/mol. The molecular weight excluding hydrogens is 140 g/mol. The molecule has 1 aliphatic carbocycles. The van der Waals surface area contributed by atoms with E-state index in [1.807, 2.05) is 6.19 Å². The van der Waals surface area contributed by atoms with Crippen molar-refractivity contribution in [1.82, 2.24) is 5.32 Å². The normalized spacial score (nSPS) is 30.9. The average molecular weight is 154 g/mol. The largest absolute Gasteiger partial charge is 0.393 e. The van der Waals surface area contributed by atoms with E-state index in [0.717, 1.165) is 32.2 Å². The average Bonchev–Trinajstić information content (AvgIpc) is 2.01. The van der Waals surface area contributed by atoms with Gasteiger partial charge in [0.2, 0.25) is 0 Å². The Morgan fingerprint density at radius 2 is 2.36 bits per heavy atom. The van der Waals surface area contributed by atoms with Gasteiger partial charge in [-0.15, -0.1) is 0 Å². The van der Waals surface area contributed by atoms with E-state index < -0.39 is 0 Å². The highest BCUT2D eigenvalue weighted by Gasteiger charge is 2.19. The Labute approximate surface area is 67.0 Å². The quantitative estimate of drug-likeness (QED) is 0.452. The number of hydrogen-bond acceptors (Lipinski definition) is 3. The van der Waals surface area contributed by atoms with Crippen molar-refractivity contribution in [2.75, 3.05) is 6.54 Å². The number of aliphatic hydroxyl groups is 1. The first-order valence-electron chi connectivity index (χ1n) is 4.13. The maximum absolute atomic E-state index is 9.27. The number of nitrogens with zero attached hydrogens (tertiary/aromatic N) is 1. The summed E-state index contributed by atoms with van der Waals surface area (Å²) >= 11 is 0. The van der Waals surface area contributed by atoms with Crippen LogP contribution in [0.15, 0.2) is 0 Å². The van der Waals surface area contributed by atoms with Gasteiger partial charge < -0.3 is 10.4 Å². The summed E-state index contributed by atoms with van der Waals surface area (Å²) in [6.45, 7) is 0.730. The molecule has 2 atom stereocenters. The monoisotopic (exact) mass is 154 g/mol. The van der Waals surface area contributed by atoms with Crippen LogP contribution in [0.3, 0.4) is 0 Å². The Balaban J connectivity index is 2.18. The zero-order valence-corrected chi connectivity index (χ0v) is 6.58. The van der Waals surface area contributed by atoms with Gasteiger partial charge in [-0.2, -0.15) is 5.26 Å². The molecule has 3 nitrogen and oxygen atoms in total. The minimum absolute atomic E-state index is 0.130. The van der Waals surface area contributed by atoms with E-state index in [1.54, 1.807) is 0 Å². The molecule has 0 heterocycles. The van der Waals surface area contributed by atoms with E-state index in [9.17, 15) is 5.11 Å². The maximum Gasteiger partial charge on any atom is 0.176 e. The van der Waals surface area contributed by atoms with Crippen molar-refractivity contribution < 1.29 is 5.11 Å². The lowest BCUT2D eigenvalue weighted by molar-refractivity contribution is 0.102. The molecule has 2 unspecified atom stereocenters. The van der Waals surface area contributed by atoms with Gasteiger partial charge in [0.05, 0.1) is 6.10 Å². The topological polar surface area (TPSA) is 56.0 Å². The van der Waals surface area contributed by atoms with Crippen molar-refractivity contribution in [2.45, 2.75) is 31.8 Å². The standard InChI is InChI=1S/C8H14N2O/c9-6-10-5-7-2-1-3-8(11)4-7/h7-8,10-11H,1-5H2. The molecule has 1 rings (SSSR count). The molecule has 0 aromatic rings. The summed E-state index contributed by atoms with van der Waals surface area (Å²) in [4.78, 5) is 0. The molecule has 0 amide bonds. The Morgan fingerprint density at radius 3 is 3.00 bits per heavy atom. The Bertz CT molecular complexity index is 153. The fourth-order valence-corrected chi connectivity index (χ4v) is 1.64. The van der Waals surface area contributed by atoms with Gasteiger partial charge in [0.1, 0.15) is 0 Å². The predicted octanol–water partition coefficient (Wildman–Crippen LogP) is 0.608. The second-order valence-electron chi connectivity index (χ2n) is 3.18. The molecule has 0 aromatic carbocycles. The van der Waals surface area contributed by atoms with Crippen LogP contribution in [0.4, 0.5) is 0 Å². The van der Waals surface area contributed by atoms with Crippen LogP contribution in [0.25, 0.3) is 0 Å². The minimum Gasteiger partial charge on any atom is -0.393 e. The zero-order chi connectivity index (χ0) is 8.10. The van der Waals surface area contributed by atoms with Gasteiger partial charge in [-0.05, 0) is 25.2 Å². The SMILES string of the molecule is N#CNCC1CCCC(O)C1. The molecule has 1 fully saturated rings. The van der Waals surface area contributed by atoms with Crippen LogP contribution in [-0.2, 0) is 0 Å². The first-order valence-corrected chi connectivity index (χ1v) is 4.13. The lowest BCUT2D eigenvalue weighted by Gasteiger charge is -2.24. The summed E-state index contributed by atoms with van der Waals surface area (Å²) in [5.74, 6) is 0.499. The molecule has 3 heteroatoms. The van der Waals surface area contributed by atoms with Gasteiger partial charge in [0.25, 0.3) is 0 Å². The van der Waals surface area contributed by atoms with E-state index in [1.165, 1.54) is 0 Å². The van der Waals surface area contributed by atoms with Gasteiger partial charge in [-0.25, -0.2) is 0 Å². The summed E-state index contributed by atoms with van der Waals surface area (Å²) in [7, 11) is 0. The molecule has 2 N–H and O–H groups in total. The summed E-state index contributed by atoms with van der Waals surface area (Å²) < 4.78 is 0. The molecular formula is C8H14N2O. The van der Waals surface area contributed by atoms with Gasteiger partial charge in [0.15, 0.2) is 6.19 Å². The first-order chi connectivity index (χ1) is 5.33. The summed E-state index contributed by atoms with van der Waals surface area (Å²) in [5.41, 5.74) is 0. The molecule has 11 heavy (non-hydrogen) atoms. The second-order valence-corrected chi connectivity index (χ2v) is 3.18. The Kier molecular flexibility index (Phi) is 3.18. The number of hydrogen-bond donors (Lipinski definition) is 2. The van der Waals surface area contributed by atoms with Gasteiger partial charge in [-0.1, -0.05) is 6.42 Å². The molecule has 0 spiro atoms. The van der Waals surface area contributed by atoms with E-state index in [0.29, 0.717) is 5.92 Å². The molecule has 0 aliphatic heterocycles. The molecule has 0 radical (unpaired) electrons. The second kappa shape index (κ2) is 4.20. The lowest BCUT2D eigenvalue weighted by atomic mass is 9.87. The van der Waals surface area contributed by atoms with Crippen LogP contribution in [-0.4, -0.2) is 17.8 Å². The van der Waals surface area contributed by atoms with Crippen LogP contribution < -0.4 is 5.32 Å². The number of aliphatic hydroxyl groups excluding tert-OH is 1. The Hall–Kier alpha value is -0.750. The van der Waals surface area contributed by atoms with Gasteiger partial charge >= 0.3 is 0 Å². The van der Waals surface area contributed by atoms with E-state index in [4.69, 9.17) is 5.26 Å². The molecule has 1 saturated carbocycles. The summed E-state index contributed by atoms with van der Waals surface area (Å²) in [5, 5.41) is 20.1. The van der Waals surface area contributed by atoms with Gasteiger partial charge in [-0.3, -0.25) is 0 Å². The number of nitrogens with one attached hydrogen (secondary N) is 1. The third-order valence-corrected chi connectivity index (χ3v) is 2.22. The fourth-order valence-electron chi connectivity index (χ4n) is 1.64. The zero-order valence-electron chi connectivity index (χ0n) is 6.58. The smallest absolute Gasteiger partial charge is 0.176 e. The van der Waals surface area contributed by atoms with Crippen molar-refractivity contribution in [3.8, 4) is 6.19 Å². The molecule has 0 aromatic heterocycles. The molecule has 0 bridgehead atoms. The highest BCUT2D eigenvalue weighted by atomic mass is 16.3. The van der Waals surface area contributed by atoms with Crippen LogP contribution in [0.1, 0.15) is 25.7 Å². The van der Waals surface area contributed by atoms with Crippen molar-refractivity contribution >= 4 is 0 Å². The summed E-state index contributed by atoms with van der Waals surface area (Å²) in [6.07, 6.45) is 5.80. The van der Waals surface area contributed by atoms with Crippen LogP contribution in [0.5, 0.6) is 0 Å². The number of rotatable bonds is 2. The van der Waals surface area contributed by atoms with E-state index in [-0.39, 0.29) is 6.10 Å². The fraction of sp³-hybridized carbons (Fsp3) is 0.875. The highest BCUT2D eigenvalue weighted by molar-refractivity contribution is 4.76. The van der Waals surface area contributed by atoms with E-state index >= 15 is 0 Å². The van der Waals surface area contributed by atoms with Crippen LogP contribution in [0.2, 0.25) is 0 Å². The molecule has 62 valence electrons. The highest BCUT2D eigenvalue weighted by Crippen LogP contribution is 2.23. The summed E-state index contributed by atoms with van der Waals surface area (Å²) in [6, 6.07) is 0. The van der Waals surface area contributed by atoms with Crippen molar-refractivity contribution in [3.05, 3.63) is 0 Å².